The topological polar surface area (TPSA) is 103 Å². The SMILES string of the molecule is OCC1OC(n2cnc3c(OCc4ccccc4)nc(F)nc32)CC1O. The Balaban J connectivity index is 1.63. The number of aromatic nitrogens is 4. The molecule has 1 aliphatic rings. The summed E-state index contributed by atoms with van der Waals surface area (Å²) in [5.41, 5.74) is 1.41. The second-order valence-electron chi connectivity index (χ2n) is 6.01. The third kappa shape index (κ3) is 3.12. The Morgan fingerprint density at radius 1 is 1.27 bits per heavy atom. The van der Waals surface area contributed by atoms with Crippen LogP contribution in [0.2, 0.25) is 0 Å². The highest BCUT2D eigenvalue weighted by atomic mass is 19.1. The minimum atomic E-state index is -0.945. The lowest BCUT2D eigenvalue weighted by Crippen LogP contribution is -2.24. The van der Waals surface area contributed by atoms with Crippen LogP contribution < -0.4 is 4.74 Å². The molecule has 136 valence electrons. The zero-order valence-electron chi connectivity index (χ0n) is 13.7. The van der Waals surface area contributed by atoms with Gasteiger partial charge in [-0.3, -0.25) is 4.57 Å². The summed E-state index contributed by atoms with van der Waals surface area (Å²) in [6.45, 7) is -0.0937. The molecule has 0 amide bonds. The van der Waals surface area contributed by atoms with Crippen LogP contribution in [0, 0.1) is 6.08 Å². The minimum absolute atomic E-state index is 0.0346. The second-order valence-corrected chi connectivity index (χ2v) is 6.01. The van der Waals surface area contributed by atoms with Crippen LogP contribution in [0.15, 0.2) is 36.7 Å². The number of nitrogens with zero attached hydrogens (tertiary/aromatic N) is 4. The summed E-state index contributed by atoms with van der Waals surface area (Å²) in [7, 11) is 0. The van der Waals surface area contributed by atoms with Gasteiger partial charge < -0.3 is 19.7 Å². The van der Waals surface area contributed by atoms with E-state index in [9.17, 15) is 14.6 Å². The Morgan fingerprint density at radius 2 is 2.08 bits per heavy atom. The number of hydrogen-bond donors (Lipinski definition) is 2. The zero-order valence-corrected chi connectivity index (χ0v) is 13.7. The van der Waals surface area contributed by atoms with Crippen LogP contribution in [0.1, 0.15) is 18.2 Å². The molecule has 1 aliphatic heterocycles. The molecule has 0 radical (unpaired) electrons. The molecule has 2 aromatic heterocycles. The number of hydrogen-bond acceptors (Lipinski definition) is 7. The lowest BCUT2D eigenvalue weighted by atomic mass is 10.2. The van der Waals surface area contributed by atoms with E-state index in [1.807, 2.05) is 30.3 Å². The number of fused-ring (bicyclic) bond motifs is 1. The number of rotatable bonds is 5. The summed E-state index contributed by atoms with van der Waals surface area (Å²) < 4.78 is 26.6. The predicted octanol–water partition coefficient (Wildman–Crippen LogP) is 1.19. The largest absolute Gasteiger partial charge is 0.471 e. The quantitative estimate of drug-likeness (QED) is 0.659. The molecule has 1 saturated heterocycles. The fourth-order valence-corrected chi connectivity index (χ4v) is 2.95. The third-order valence-electron chi connectivity index (χ3n) is 4.27. The molecule has 3 heterocycles. The van der Waals surface area contributed by atoms with Gasteiger partial charge in [-0.15, -0.1) is 0 Å². The van der Waals surface area contributed by atoms with Crippen molar-refractivity contribution in [1.82, 2.24) is 19.5 Å². The van der Waals surface area contributed by atoms with E-state index < -0.39 is 24.5 Å². The first-order valence-corrected chi connectivity index (χ1v) is 8.17. The zero-order chi connectivity index (χ0) is 18.1. The predicted molar refractivity (Wildman–Crippen MR) is 87.7 cm³/mol. The van der Waals surface area contributed by atoms with Crippen molar-refractivity contribution < 1.29 is 24.1 Å². The van der Waals surface area contributed by atoms with E-state index >= 15 is 0 Å². The third-order valence-corrected chi connectivity index (χ3v) is 4.27. The average molecular weight is 360 g/mol. The summed E-state index contributed by atoms with van der Waals surface area (Å²) >= 11 is 0. The van der Waals surface area contributed by atoms with Crippen molar-refractivity contribution in [3.63, 3.8) is 0 Å². The van der Waals surface area contributed by atoms with Gasteiger partial charge in [-0.25, -0.2) is 4.98 Å². The molecule has 26 heavy (non-hydrogen) atoms. The normalized spacial score (nSPS) is 22.8. The van der Waals surface area contributed by atoms with E-state index in [-0.39, 0.29) is 31.2 Å². The highest BCUT2D eigenvalue weighted by Gasteiger charge is 2.35. The first-order valence-electron chi connectivity index (χ1n) is 8.17. The Labute approximate surface area is 147 Å². The molecule has 0 saturated carbocycles. The lowest BCUT2D eigenvalue weighted by molar-refractivity contribution is -0.0432. The molecule has 3 unspecified atom stereocenters. The maximum Gasteiger partial charge on any atom is 0.314 e. The summed E-state index contributed by atoms with van der Waals surface area (Å²) in [6.07, 6.45) is -1.39. The van der Waals surface area contributed by atoms with Crippen molar-refractivity contribution in [3.05, 3.63) is 48.3 Å². The van der Waals surface area contributed by atoms with Crippen LogP contribution in [-0.4, -0.2) is 48.5 Å². The summed E-state index contributed by atoms with van der Waals surface area (Å²) in [5, 5.41) is 19.1. The van der Waals surface area contributed by atoms with Crippen molar-refractivity contribution in [1.29, 1.82) is 0 Å². The molecular weight excluding hydrogens is 343 g/mol. The Morgan fingerprint density at radius 3 is 2.81 bits per heavy atom. The summed E-state index contributed by atoms with van der Waals surface area (Å²) in [6, 6.07) is 9.42. The average Bonchev–Trinajstić information content (AvgIpc) is 3.23. The highest BCUT2D eigenvalue weighted by molar-refractivity contribution is 5.76. The maximum atomic E-state index is 13.9. The van der Waals surface area contributed by atoms with Crippen LogP contribution in [0.3, 0.4) is 0 Å². The maximum absolute atomic E-state index is 13.9. The van der Waals surface area contributed by atoms with E-state index in [4.69, 9.17) is 9.47 Å². The molecule has 0 aliphatic carbocycles. The Hall–Kier alpha value is -2.62. The Kier molecular flexibility index (Phi) is 4.49. The van der Waals surface area contributed by atoms with Gasteiger partial charge in [0.25, 0.3) is 0 Å². The van der Waals surface area contributed by atoms with E-state index in [0.29, 0.717) is 5.52 Å². The van der Waals surface area contributed by atoms with Crippen molar-refractivity contribution in [2.24, 2.45) is 0 Å². The van der Waals surface area contributed by atoms with Crippen LogP contribution in [0.5, 0.6) is 5.88 Å². The molecule has 1 aromatic carbocycles. The number of aliphatic hydroxyl groups is 2. The molecule has 4 rings (SSSR count). The van der Waals surface area contributed by atoms with E-state index in [2.05, 4.69) is 15.0 Å². The standard InChI is InChI=1S/C17H17FN4O4/c18-17-20-15-14(16(21-17)25-8-10-4-2-1-3-5-10)19-9-22(15)13-6-11(24)12(7-23)26-13/h1-5,9,11-13,23-24H,6-8H2. The van der Waals surface area contributed by atoms with Crippen molar-refractivity contribution in [2.75, 3.05) is 6.61 Å². The summed E-state index contributed by atoms with van der Waals surface area (Å²) in [4.78, 5) is 11.7. The molecule has 0 spiro atoms. The van der Waals surface area contributed by atoms with E-state index in [0.717, 1.165) is 5.56 Å². The van der Waals surface area contributed by atoms with Crippen LogP contribution in [0.25, 0.3) is 11.2 Å². The van der Waals surface area contributed by atoms with Crippen molar-refractivity contribution in [2.45, 2.75) is 31.5 Å². The number of benzene rings is 1. The van der Waals surface area contributed by atoms with Gasteiger partial charge in [-0.05, 0) is 5.56 Å². The van der Waals surface area contributed by atoms with Gasteiger partial charge in [0.1, 0.15) is 18.9 Å². The van der Waals surface area contributed by atoms with Gasteiger partial charge in [0.2, 0.25) is 5.88 Å². The number of aliphatic hydroxyl groups excluding tert-OH is 2. The fraction of sp³-hybridized carbons (Fsp3) is 0.353. The summed E-state index contributed by atoms with van der Waals surface area (Å²) in [5.74, 6) is 0.0346. The van der Waals surface area contributed by atoms with Gasteiger partial charge in [0.15, 0.2) is 11.2 Å². The molecule has 8 nitrogen and oxygen atoms in total. The minimum Gasteiger partial charge on any atom is -0.471 e. The lowest BCUT2D eigenvalue weighted by Gasteiger charge is -2.13. The van der Waals surface area contributed by atoms with Gasteiger partial charge in [-0.1, -0.05) is 30.3 Å². The molecule has 3 aromatic rings. The molecule has 2 N–H and O–H groups in total. The molecule has 3 atom stereocenters. The van der Waals surface area contributed by atoms with Gasteiger partial charge in [-0.2, -0.15) is 14.4 Å². The first kappa shape index (κ1) is 16.8. The molecule has 1 fully saturated rings. The van der Waals surface area contributed by atoms with Crippen LogP contribution >= 0.6 is 0 Å². The number of halogens is 1. The van der Waals surface area contributed by atoms with Gasteiger partial charge in [0.05, 0.1) is 19.0 Å². The molecule has 0 bridgehead atoms. The van der Waals surface area contributed by atoms with E-state index in [1.165, 1.54) is 10.9 Å². The number of ether oxygens (including phenoxy) is 2. The van der Waals surface area contributed by atoms with Gasteiger partial charge >= 0.3 is 6.08 Å². The van der Waals surface area contributed by atoms with E-state index in [1.54, 1.807) is 0 Å². The first-order chi connectivity index (χ1) is 12.7. The second kappa shape index (κ2) is 6.94. The molecular formula is C17H17FN4O4. The number of imidazole rings is 1. The Bertz CT molecular complexity index is 904. The monoisotopic (exact) mass is 360 g/mol. The van der Waals surface area contributed by atoms with Crippen molar-refractivity contribution in [3.8, 4) is 5.88 Å². The smallest absolute Gasteiger partial charge is 0.314 e. The van der Waals surface area contributed by atoms with Gasteiger partial charge in [0, 0.05) is 6.42 Å². The molecule has 9 heteroatoms. The highest BCUT2D eigenvalue weighted by Crippen LogP contribution is 2.32. The van der Waals surface area contributed by atoms with Crippen LogP contribution in [-0.2, 0) is 11.3 Å². The fourth-order valence-electron chi connectivity index (χ4n) is 2.95. The van der Waals surface area contributed by atoms with Crippen LogP contribution in [0.4, 0.5) is 4.39 Å². The van der Waals surface area contributed by atoms with Crippen molar-refractivity contribution >= 4 is 11.2 Å².